The van der Waals surface area contributed by atoms with E-state index in [0.29, 0.717) is 11.8 Å². The van der Waals surface area contributed by atoms with Crippen LogP contribution >= 0.6 is 11.8 Å². The van der Waals surface area contributed by atoms with Crippen molar-refractivity contribution in [2.45, 2.75) is 45.6 Å². The van der Waals surface area contributed by atoms with Crippen LogP contribution < -0.4 is 5.32 Å². The number of nitrogens with one attached hydrogen (secondary N) is 1. The third kappa shape index (κ3) is 6.44. The minimum Gasteiger partial charge on any atom is -0.312 e. The number of thioether (sulfide) groups is 1. The molecule has 3 heteroatoms. The monoisotopic (exact) mass is 283 g/mol. The van der Waals surface area contributed by atoms with Crippen molar-refractivity contribution in [2.24, 2.45) is 11.8 Å². The molecular weight excluding hydrogens is 257 g/mol. The highest BCUT2D eigenvalue weighted by Crippen LogP contribution is 2.26. The van der Waals surface area contributed by atoms with Crippen LogP contribution in [0.5, 0.6) is 0 Å². The topological polar surface area (TPSA) is 12.0 Å². The van der Waals surface area contributed by atoms with E-state index in [9.17, 15) is 4.39 Å². The molecule has 1 nitrogen and oxygen atoms in total. The summed E-state index contributed by atoms with van der Waals surface area (Å²) in [6.07, 6.45) is 1.19. The predicted molar refractivity (Wildman–Crippen MR) is 83.1 cm³/mol. The molecular formula is C16H26FNS. The molecule has 108 valence electrons. The molecule has 0 bridgehead atoms. The highest BCUT2D eigenvalue weighted by atomic mass is 32.2. The molecule has 19 heavy (non-hydrogen) atoms. The van der Waals surface area contributed by atoms with E-state index in [1.54, 1.807) is 12.1 Å². The first kappa shape index (κ1) is 16.5. The van der Waals surface area contributed by atoms with E-state index < -0.39 is 0 Å². The highest BCUT2D eigenvalue weighted by molar-refractivity contribution is 7.99. The van der Waals surface area contributed by atoms with Crippen LogP contribution in [0.2, 0.25) is 0 Å². The Hall–Kier alpha value is -0.540. The lowest BCUT2D eigenvalue weighted by Crippen LogP contribution is -2.19. The van der Waals surface area contributed by atoms with Crippen molar-refractivity contribution in [3.63, 3.8) is 0 Å². The second-order valence-corrected chi connectivity index (χ2v) is 6.66. The fourth-order valence-corrected chi connectivity index (χ4v) is 2.85. The Balaban J connectivity index is 2.63. The van der Waals surface area contributed by atoms with Crippen LogP contribution in [0.1, 0.15) is 39.7 Å². The normalized spacial score (nSPS) is 12.9. The van der Waals surface area contributed by atoms with Crippen molar-refractivity contribution >= 4 is 11.8 Å². The molecule has 1 aromatic carbocycles. The first-order valence-electron chi connectivity index (χ1n) is 7.14. The van der Waals surface area contributed by atoms with Gasteiger partial charge in [-0.1, -0.05) is 34.1 Å². The van der Waals surface area contributed by atoms with Gasteiger partial charge in [0.25, 0.3) is 0 Å². The minimum atomic E-state index is -0.144. The molecule has 1 aromatic rings. The fraction of sp³-hybridized carbons (Fsp3) is 0.625. The van der Waals surface area contributed by atoms with Gasteiger partial charge < -0.3 is 5.32 Å². The number of rotatable bonds is 8. The Morgan fingerprint density at radius 1 is 1.26 bits per heavy atom. The smallest absolute Gasteiger partial charge is 0.123 e. The summed E-state index contributed by atoms with van der Waals surface area (Å²) in [6, 6.07) is 5.13. The first-order chi connectivity index (χ1) is 9.02. The zero-order valence-electron chi connectivity index (χ0n) is 12.5. The van der Waals surface area contributed by atoms with Crippen LogP contribution in [-0.4, -0.2) is 12.3 Å². The van der Waals surface area contributed by atoms with Crippen LogP contribution in [-0.2, 0) is 6.54 Å². The van der Waals surface area contributed by atoms with Crippen LogP contribution in [0, 0.1) is 17.7 Å². The third-order valence-electron chi connectivity index (χ3n) is 3.11. The van der Waals surface area contributed by atoms with Gasteiger partial charge >= 0.3 is 0 Å². The molecule has 1 atom stereocenters. The maximum atomic E-state index is 13.4. The van der Waals surface area contributed by atoms with Gasteiger partial charge in [-0.15, -0.1) is 11.8 Å². The molecule has 1 rings (SSSR count). The Morgan fingerprint density at radius 2 is 2.00 bits per heavy atom. The second-order valence-electron chi connectivity index (χ2n) is 5.60. The molecule has 0 saturated heterocycles. The number of hydrogen-bond acceptors (Lipinski definition) is 2. The van der Waals surface area contributed by atoms with Crippen molar-refractivity contribution in [1.29, 1.82) is 0 Å². The van der Waals surface area contributed by atoms with Gasteiger partial charge in [-0.05, 0) is 42.1 Å². The summed E-state index contributed by atoms with van der Waals surface area (Å²) in [7, 11) is 0. The van der Waals surface area contributed by atoms with E-state index in [2.05, 4.69) is 33.0 Å². The molecule has 0 aliphatic rings. The van der Waals surface area contributed by atoms with Gasteiger partial charge in [-0.25, -0.2) is 4.39 Å². The van der Waals surface area contributed by atoms with Crippen LogP contribution in [0.15, 0.2) is 23.1 Å². The summed E-state index contributed by atoms with van der Waals surface area (Å²) in [5, 5.41) is 3.39. The van der Waals surface area contributed by atoms with Gasteiger partial charge in [0.1, 0.15) is 5.82 Å². The standard InChI is InChI=1S/C16H26FNS/c1-5-13(4)11-19-16-7-6-15(17)8-14(16)10-18-9-12(2)3/h6-8,12-13,18H,5,9-11H2,1-4H3. The van der Waals surface area contributed by atoms with E-state index in [1.165, 1.54) is 11.3 Å². The SMILES string of the molecule is CCC(C)CSc1ccc(F)cc1CNCC(C)C. The van der Waals surface area contributed by atoms with Crippen LogP contribution in [0.3, 0.4) is 0 Å². The van der Waals surface area contributed by atoms with E-state index in [-0.39, 0.29) is 5.82 Å². The summed E-state index contributed by atoms with van der Waals surface area (Å²) < 4.78 is 13.4. The summed E-state index contributed by atoms with van der Waals surface area (Å²) in [6.45, 7) is 10.5. The predicted octanol–water partition coefficient (Wildman–Crippen LogP) is 4.71. The van der Waals surface area contributed by atoms with Gasteiger partial charge in [0.2, 0.25) is 0 Å². The maximum Gasteiger partial charge on any atom is 0.123 e. The summed E-state index contributed by atoms with van der Waals surface area (Å²) in [5.74, 6) is 2.27. The molecule has 0 aliphatic heterocycles. The quantitative estimate of drug-likeness (QED) is 0.693. The Morgan fingerprint density at radius 3 is 2.63 bits per heavy atom. The average molecular weight is 283 g/mol. The van der Waals surface area contributed by atoms with Crippen molar-refractivity contribution < 1.29 is 4.39 Å². The summed E-state index contributed by atoms with van der Waals surface area (Å²) >= 11 is 1.84. The number of benzene rings is 1. The van der Waals surface area contributed by atoms with Gasteiger partial charge in [0.15, 0.2) is 0 Å². The summed E-state index contributed by atoms with van der Waals surface area (Å²) in [4.78, 5) is 1.21. The Labute approximate surface area is 121 Å². The Bertz CT molecular complexity index is 379. The lowest BCUT2D eigenvalue weighted by Gasteiger charge is -2.13. The van der Waals surface area contributed by atoms with E-state index in [1.807, 2.05) is 17.8 Å². The fourth-order valence-electron chi connectivity index (χ4n) is 1.67. The maximum absolute atomic E-state index is 13.4. The lowest BCUT2D eigenvalue weighted by molar-refractivity contribution is 0.547. The largest absolute Gasteiger partial charge is 0.312 e. The van der Waals surface area contributed by atoms with Crippen LogP contribution in [0.4, 0.5) is 4.39 Å². The van der Waals surface area contributed by atoms with Gasteiger partial charge in [0.05, 0.1) is 0 Å². The molecule has 0 amide bonds. The van der Waals surface area contributed by atoms with Crippen molar-refractivity contribution in [1.82, 2.24) is 5.32 Å². The Kier molecular flexibility index (Phi) is 7.47. The third-order valence-corrected chi connectivity index (χ3v) is 4.56. The van der Waals surface area contributed by atoms with Crippen molar-refractivity contribution in [3.8, 4) is 0 Å². The molecule has 0 radical (unpaired) electrons. The number of halogens is 1. The average Bonchev–Trinajstić information content (AvgIpc) is 2.37. The van der Waals surface area contributed by atoms with E-state index in [0.717, 1.165) is 24.4 Å². The van der Waals surface area contributed by atoms with Crippen LogP contribution in [0.25, 0.3) is 0 Å². The molecule has 0 spiro atoms. The van der Waals surface area contributed by atoms with E-state index >= 15 is 0 Å². The molecule has 1 N–H and O–H groups in total. The molecule has 0 aromatic heterocycles. The van der Waals surface area contributed by atoms with Gasteiger partial charge in [0, 0.05) is 17.2 Å². The van der Waals surface area contributed by atoms with Crippen molar-refractivity contribution in [2.75, 3.05) is 12.3 Å². The zero-order chi connectivity index (χ0) is 14.3. The number of hydrogen-bond donors (Lipinski definition) is 1. The zero-order valence-corrected chi connectivity index (χ0v) is 13.3. The molecule has 0 fully saturated rings. The highest BCUT2D eigenvalue weighted by Gasteiger charge is 2.07. The molecule has 0 aliphatic carbocycles. The minimum absolute atomic E-state index is 0.144. The van der Waals surface area contributed by atoms with Gasteiger partial charge in [-0.3, -0.25) is 0 Å². The second kappa shape index (κ2) is 8.60. The molecule has 0 heterocycles. The van der Waals surface area contributed by atoms with Crippen molar-refractivity contribution in [3.05, 3.63) is 29.6 Å². The molecule has 0 saturated carbocycles. The van der Waals surface area contributed by atoms with E-state index in [4.69, 9.17) is 0 Å². The first-order valence-corrected chi connectivity index (χ1v) is 8.13. The molecule has 1 unspecified atom stereocenters. The van der Waals surface area contributed by atoms with Gasteiger partial charge in [-0.2, -0.15) is 0 Å². The summed E-state index contributed by atoms with van der Waals surface area (Å²) in [5.41, 5.74) is 1.08. The lowest BCUT2D eigenvalue weighted by atomic mass is 10.2.